The van der Waals surface area contributed by atoms with Gasteiger partial charge in [-0.2, -0.15) is 5.11 Å². The number of hydrogen-bond donors (Lipinski definition) is 2. The number of thiocarbonyl (C=S) groups is 1. The molecule has 0 amide bonds. The van der Waals surface area contributed by atoms with Crippen LogP contribution >= 0.6 is 12.2 Å². The van der Waals surface area contributed by atoms with E-state index in [-0.39, 0.29) is 0 Å². The Hall–Kier alpha value is -2.27. The summed E-state index contributed by atoms with van der Waals surface area (Å²) in [7, 11) is 0. The SMILES string of the molecule is C=C/C=C\C=C/CN=NC(=S)NNc1ccccc1. The Kier molecular flexibility index (Phi) is 7.57. The molecule has 0 atom stereocenters. The Bertz CT molecular complexity index is 477. The summed E-state index contributed by atoms with van der Waals surface area (Å²) in [5.74, 6) is 0. The maximum absolute atomic E-state index is 4.99. The molecule has 1 rings (SSSR count). The van der Waals surface area contributed by atoms with Gasteiger partial charge in [0.1, 0.15) is 0 Å². The topological polar surface area (TPSA) is 48.8 Å². The molecule has 0 aliphatic rings. The highest BCUT2D eigenvalue weighted by Crippen LogP contribution is 2.02. The van der Waals surface area contributed by atoms with Gasteiger partial charge in [-0.05, 0) is 24.4 Å². The molecular weight excluding hydrogens is 256 g/mol. The summed E-state index contributed by atoms with van der Waals surface area (Å²) in [5, 5.41) is 8.05. The second-order valence-electron chi connectivity index (χ2n) is 3.39. The van der Waals surface area contributed by atoms with Crippen molar-refractivity contribution in [3.8, 4) is 0 Å². The molecule has 4 nitrogen and oxygen atoms in total. The van der Waals surface area contributed by atoms with Crippen LogP contribution in [-0.2, 0) is 0 Å². The van der Waals surface area contributed by atoms with Crippen LogP contribution in [0.3, 0.4) is 0 Å². The van der Waals surface area contributed by atoms with Crippen molar-refractivity contribution < 1.29 is 0 Å². The zero-order valence-corrected chi connectivity index (χ0v) is 11.3. The third-order valence-corrected chi connectivity index (χ3v) is 2.11. The monoisotopic (exact) mass is 272 g/mol. The lowest BCUT2D eigenvalue weighted by atomic mass is 10.3. The molecule has 5 heteroatoms. The Labute approximate surface area is 118 Å². The normalized spacial score (nSPS) is 11.2. The van der Waals surface area contributed by atoms with Gasteiger partial charge in [0.15, 0.2) is 0 Å². The zero-order valence-electron chi connectivity index (χ0n) is 10.5. The maximum atomic E-state index is 4.99. The van der Waals surface area contributed by atoms with Gasteiger partial charge in [0.2, 0.25) is 5.11 Å². The second kappa shape index (κ2) is 9.73. The summed E-state index contributed by atoms with van der Waals surface area (Å²) in [6, 6.07) is 9.63. The van der Waals surface area contributed by atoms with E-state index in [0.717, 1.165) is 5.69 Å². The van der Waals surface area contributed by atoms with E-state index in [1.165, 1.54) is 0 Å². The molecule has 2 N–H and O–H groups in total. The van der Waals surface area contributed by atoms with Gasteiger partial charge in [0.05, 0.1) is 12.2 Å². The molecule has 0 bridgehead atoms. The molecule has 0 saturated carbocycles. The highest BCUT2D eigenvalue weighted by atomic mass is 32.1. The fourth-order valence-corrected chi connectivity index (χ4v) is 1.22. The first kappa shape index (κ1) is 14.8. The van der Waals surface area contributed by atoms with Crippen LogP contribution in [0.2, 0.25) is 0 Å². The number of hydrazine groups is 1. The van der Waals surface area contributed by atoms with E-state index in [1.807, 2.05) is 54.6 Å². The molecule has 1 aromatic rings. The number of para-hydroxylation sites is 1. The van der Waals surface area contributed by atoms with Crippen LogP contribution in [0, 0.1) is 0 Å². The molecule has 0 unspecified atom stereocenters. The Morgan fingerprint density at radius 1 is 1.21 bits per heavy atom. The van der Waals surface area contributed by atoms with Crippen LogP contribution in [0.5, 0.6) is 0 Å². The van der Waals surface area contributed by atoms with Crippen molar-refractivity contribution in [3.05, 3.63) is 67.3 Å². The lowest BCUT2D eigenvalue weighted by molar-refractivity contribution is 1.04. The quantitative estimate of drug-likeness (QED) is 0.360. The summed E-state index contributed by atoms with van der Waals surface area (Å²) in [5.41, 5.74) is 6.62. The number of hydrogen-bond acceptors (Lipinski definition) is 3. The highest BCUT2D eigenvalue weighted by molar-refractivity contribution is 7.80. The second-order valence-corrected chi connectivity index (χ2v) is 3.78. The number of anilines is 1. The molecular formula is C14H16N4S. The predicted octanol–water partition coefficient (Wildman–Crippen LogP) is 3.64. The first-order valence-electron chi connectivity index (χ1n) is 5.75. The van der Waals surface area contributed by atoms with E-state index in [2.05, 4.69) is 27.7 Å². The van der Waals surface area contributed by atoms with Crippen molar-refractivity contribution >= 4 is 23.0 Å². The van der Waals surface area contributed by atoms with Gasteiger partial charge < -0.3 is 0 Å². The molecule has 0 heterocycles. The molecule has 0 saturated heterocycles. The van der Waals surface area contributed by atoms with Gasteiger partial charge in [0.25, 0.3) is 0 Å². The van der Waals surface area contributed by atoms with Gasteiger partial charge in [-0.15, -0.1) is 5.11 Å². The minimum Gasteiger partial charge on any atom is -0.299 e. The summed E-state index contributed by atoms with van der Waals surface area (Å²) in [6.45, 7) is 4.05. The molecule has 0 aromatic heterocycles. The average molecular weight is 272 g/mol. The fourth-order valence-electron chi connectivity index (χ4n) is 1.11. The largest absolute Gasteiger partial charge is 0.299 e. The summed E-state index contributed by atoms with van der Waals surface area (Å²) < 4.78 is 0. The molecule has 0 radical (unpaired) electrons. The van der Waals surface area contributed by atoms with Crippen LogP contribution in [0.25, 0.3) is 0 Å². The number of nitrogens with one attached hydrogen (secondary N) is 2. The molecule has 0 aliphatic carbocycles. The Morgan fingerprint density at radius 2 is 2.00 bits per heavy atom. The van der Waals surface area contributed by atoms with E-state index >= 15 is 0 Å². The minimum atomic E-state index is 0.291. The number of nitrogens with zero attached hydrogens (tertiary/aromatic N) is 2. The van der Waals surface area contributed by atoms with E-state index in [1.54, 1.807) is 6.08 Å². The zero-order chi connectivity index (χ0) is 13.8. The van der Waals surface area contributed by atoms with E-state index in [4.69, 9.17) is 12.2 Å². The van der Waals surface area contributed by atoms with Crippen molar-refractivity contribution in [2.45, 2.75) is 0 Å². The standard InChI is InChI=1S/C14H16N4S/c1-2-3-4-5-9-12-15-17-14(19)18-16-13-10-7-6-8-11-13/h2-11,16H,1,12H2,(H,18,19)/b4-3-,9-5-,17-15?. The maximum Gasteiger partial charge on any atom is 0.231 e. The van der Waals surface area contributed by atoms with E-state index in [0.29, 0.717) is 11.7 Å². The van der Waals surface area contributed by atoms with Crippen LogP contribution in [0.1, 0.15) is 0 Å². The summed E-state index contributed by atoms with van der Waals surface area (Å²) in [6.07, 6.45) is 9.16. The number of benzene rings is 1. The minimum absolute atomic E-state index is 0.291. The molecule has 19 heavy (non-hydrogen) atoms. The molecule has 0 spiro atoms. The molecule has 0 aliphatic heterocycles. The fraction of sp³-hybridized carbons (Fsp3) is 0.0714. The third kappa shape index (κ3) is 7.62. The first-order valence-corrected chi connectivity index (χ1v) is 6.16. The van der Waals surface area contributed by atoms with Gasteiger partial charge in [-0.25, -0.2) is 0 Å². The van der Waals surface area contributed by atoms with Crippen molar-refractivity contribution in [2.75, 3.05) is 12.0 Å². The summed E-state index contributed by atoms with van der Waals surface area (Å²) >= 11 is 4.99. The Morgan fingerprint density at radius 3 is 2.74 bits per heavy atom. The van der Waals surface area contributed by atoms with E-state index < -0.39 is 0 Å². The van der Waals surface area contributed by atoms with Gasteiger partial charge in [0, 0.05) is 0 Å². The molecule has 0 fully saturated rings. The predicted molar refractivity (Wildman–Crippen MR) is 84.0 cm³/mol. The lowest BCUT2D eigenvalue weighted by Crippen LogP contribution is -2.25. The van der Waals surface area contributed by atoms with Gasteiger partial charge in [-0.3, -0.25) is 10.9 Å². The number of azo groups is 1. The Balaban J connectivity index is 2.22. The first-order chi connectivity index (χ1) is 9.33. The highest BCUT2D eigenvalue weighted by Gasteiger charge is 1.91. The van der Waals surface area contributed by atoms with E-state index in [9.17, 15) is 0 Å². The van der Waals surface area contributed by atoms with Crippen LogP contribution in [0.4, 0.5) is 5.69 Å². The van der Waals surface area contributed by atoms with Gasteiger partial charge >= 0.3 is 0 Å². The number of allylic oxidation sites excluding steroid dienone is 4. The van der Waals surface area contributed by atoms with Crippen LogP contribution in [0.15, 0.2) is 77.5 Å². The van der Waals surface area contributed by atoms with Crippen molar-refractivity contribution in [1.29, 1.82) is 0 Å². The molecule has 98 valence electrons. The molecule has 1 aromatic carbocycles. The van der Waals surface area contributed by atoms with Crippen molar-refractivity contribution in [2.24, 2.45) is 10.2 Å². The average Bonchev–Trinajstić information content (AvgIpc) is 2.45. The third-order valence-electron chi connectivity index (χ3n) is 1.93. The van der Waals surface area contributed by atoms with Gasteiger partial charge in [-0.1, -0.05) is 55.2 Å². The summed E-state index contributed by atoms with van der Waals surface area (Å²) in [4.78, 5) is 0. The smallest absolute Gasteiger partial charge is 0.231 e. The van der Waals surface area contributed by atoms with Crippen LogP contribution < -0.4 is 10.9 Å². The lowest BCUT2D eigenvalue weighted by Gasteiger charge is -2.05. The van der Waals surface area contributed by atoms with Crippen LogP contribution in [-0.4, -0.2) is 11.7 Å². The van der Waals surface area contributed by atoms with Crippen molar-refractivity contribution in [3.63, 3.8) is 0 Å². The number of rotatable bonds is 6. The van der Waals surface area contributed by atoms with Crippen molar-refractivity contribution in [1.82, 2.24) is 5.43 Å².